The van der Waals surface area contributed by atoms with E-state index in [1.807, 2.05) is 33.6 Å². The van der Waals surface area contributed by atoms with Crippen molar-refractivity contribution in [3.8, 4) is 0 Å². The van der Waals surface area contributed by atoms with Gasteiger partial charge in [0.2, 0.25) is 0 Å². The number of hydrogen-bond donors (Lipinski definition) is 0. The zero-order valence-corrected chi connectivity index (χ0v) is 13.9. The summed E-state index contributed by atoms with van der Waals surface area (Å²) in [6.45, 7) is 2.71. The van der Waals surface area contributed by atoms with Crippen LogP contribution in [0, 0.1) is 13.7 Å². The minimum atomic E-state index is -0.433. The highest BCUT2D eigenvalue weighted by Crippen LogP contribution is 2.34. The largest absolute Gasteiger partial charge is 0.464 e. The van der Waals surface area contributed by atoms with Crippen LogP contribution in [-0.4, -0.2) is 30.1 Å². The SMILES string of the molecule is CCOC(=O)C1CCCCN1c1ccc(I)cc1[N+](=O)[O-]. The number of benzene rings is 1. The molecule has 1 fully saturated rings. The summed E-state index contributed by atoms with van der Waals surface area (Å²) in [5.74, 6) is -0.301. The molecule has 0 aromatic heterocycles. The summed E-state index contributed by atoms with van der Waals surface area (Å²) < 4.78 is 5.90. The number of ether oxygens (including phenoxy) is 1. The summed E-state index contributed by atoms with van der Waals surface area (Å²) in [5, 5.41) is 11.3. The van der Waals surface area contributed by atoms with E-state index in [2.05, 4.69) is 0 Å². The van der Waals surface area contributed by atoms with Gasteiger partial charge in [-0.25, -0.2) is 4.79 Å². The summed E-state index contributed by atoms with van der Waals surface area (Å²) in [7, 11) is 0. The monoisotopic (exact) mass is 404 g/mol. The van der Waals surface area contributed by atoms with E-state index in [0.717, 1.165) is 16.4 Å². The second-order valence-electron chi connectivity index (χ2n) is 4.85. The van der Waals surface area contributed by atoms with Crippen molar-refractivity contribution in [1.82, 2.24) is 0 Å². The number of nitrogens with zero attached hydrogens (tertiary/aromatic N) is 2. The lowest BCUT2D eigenvalue weighted by Crippen LogP contribution is -2.46. The Morgan fingerprint density at radius 3 is 2.95 bits per heavy atom. The van der Waals surface area contributed by atoms with Gasteiger partial charge >= 0.3 is 5.97 Å². The Morgan fingerprint density at radius 2 is 2.29 bits per heavy atom. The maximum Gasteiger partial charge on any atom is 0.328 e. The van der Waals surface area contributed by atoms with Gasteiger partial charge in [0.05, 0.1) is 11.5 Å². The van der Waals surface area contributed by atoms with Crippen LogP contribution in [0.15, 0.2) is 18.2 Å². The molecular formula is C14H17IN2O4. The fourth-order valence-electron chi connectivity index (χ4n) is 2.59. The molecular weight excluding hydrogens is 387 g/mol. The number of piperidine rings is 1. The molecule has 1 atom stereocenters. The molecule has 1 aromatic carbocycles. The van der Waals surface area contributed by atoms with Gasteiger partial charge in [0, 0.05) is 16.2 Å². The molecule has 1 aromatic rings. The maximum absolute atomic E-state index is 12.1. The van der Waals surface area contributed by atoms with Crippen molar-refractivity contribution >= 4 is 39.9 Å². The lowest BCUT2D eigenvalue weighted by Gasteiger charge is -2.35. The van der Waals surface area contributed by atoms with Crippen LogP contribution in [0.2, 0.25) is 0 Å². The lowest BCUT2D eigenvalue weighted by atomic mass is 10.0. The molecule has 114 valence electrons. The molecule has 0 radical (unpaired) electrons. The molecule has 6 nitrogen and oxygen atoms in total. The van der Waals surface area contributed by atoms with Gasteiger partial charge in [0.15, 0.2) is 0 Å². The Hall–Kier alpha value is -1.38. The first-order valence-corrected chi connectivity index (χ1v) is 7.99. The topological polar surface area (TPSA) is 72.7 Å². The molecule has 7 heteroatoms. The quantitative estimate of drug-likeness (QED) is 0.334. The van der Waals surface area contributed by atoms with Gasteiger partial charge in [-0.3, -0.25) is 10.1 Å². The standard InChI is InChI=1S/C14H17IN2O4/c1-2-21-14(18)12-5-3-4-8-16(12)11-7-6-10(15)9-13(11)17(19)20/h6-7,9,12H,2-5,8H2,1H3. The van der Waals surface area contributed by atoms with Crippen LogP contribution in [-0.2, 0) is 9.53 Å². The van der Waals surface area contributed by atoms with E-state index >= 15 is 0 Å². The van der Waals surface area contributed by atoms with Crippen molar-refractivity contribution in [3.05, 3.63) is 31.9 Å². The number of nitro groups is 1. The average Bonchev–Trinajstić information content (AvgIpc) is 2.47. The molecule has 2 rings (SSSR count). The Kier molecular flexibility index (Phi) is 5.38. The summed E-state index contributed by atoms with van der Waals surface area (Å²) in [6, 6.07) is 4.64. The van der Waals surface area contributed by atoms with Crippen molar-refractivity contribution < 1.29 is 14.5 Å². The van der Waals surface area contributed by atoms with Crippen LogP contribution in [0.5, 0.6) is 0 Å². The van der Waals surface area contributed by atoms with Gasteiger partial charge in [0.25, 0.3) is 5.69 Å². The van der Waals surface area contributed by atoms with E-state index in [-0.39, 0.29) is 11.7 Å². The second kappa shape index (κ2) is 7.06. The smallest absolute Gasteiger partial charge is 0.328 e. The first kappa shape index (κ1) is 16.0. The number of nitro benzene ring substituents is 1. The molecule has 0 aliphatic carbocycles. The molecule has 0 N–H and O–H groups in total. The predicted octanol–water partition coefficient (Wildman–Crippen LogP) is 3.12. The molecule has 1 aliphatic rings. The Labute approximate surface area is 136 Å². The van der Waals surface area contributed by atoms with Crippen LogP contribution in [0.1, 0.15) is 26.2 Å². The first-order valence-electron chi connectivity index (χ1n) is 6.91. The van der Waals surface area contributed by atoms with Crippen LogP contribution < -0.4 is 4.90 Å². The van der Waals surface area contributed by atoms with Gasteiger partial charge < -0.3 is 9.64 Å². The maximum atomic E-state index is 12.1. The number of halogens is 1. The Balaban J connectivity index is 2.37. The third-order valence-corrected chi connectivity index (χ3v) is 4.18. The van der Waals surface area contributed by atoms with Gasteiger partial charge in [0.1, 0.15) is 11.7 Å². The van der Waals surface area contributed by atoms with Crippen LogP contribution >= 0.6 is 22.6 Å². The molecule has 1 heterocycles. The Bertz CT molecular complexity index is 550. The van der Waals surface area contributed by atoms with Gasteiger partial charge in [-0.05, 0) is 60.9 Å². The van der Waals surface area contributed by atoms with E-state index in [0.29, 0.717) is 25.3 Å². The first-order chi connectivity index (χ1) is 10.0. The molecule has 0 amide bonds. The van der Waals surface area contributed by atoms with Crippen molar-refractivity contribution in [2.24, 2.45) is 0 Å². The molecule has 1 aliphatic heterocycles. The van der Waals surface area contributed by atoms with E-state index < -0.39 is 11.0 Å². The highest BCUT2D eigenvalue weighted by molar-refractivity contribution is 14.1. The van der Waals surface area contributed by atoms with E-state index in [9.17, 15) is 14.9 Å². The minimum Gasteiger partial charge on any atom is -0.464 e. The van der Waals surface area contributed by atoms with Gasteiger partial charge in [-0.1, -0.05) is 0 Å². The lowest BCUT2D eigenvalue weighted by molar-refractivity contribution is -0.384. The van der Waals surface area contributed by atoms with Gasteiger partial charge in [-0.15, -0.1) is 0 Å². The van der Waals surface area contributed by atoms with Crippen molar-refractivity contribution in [2.45, 2.75) is 32.2 Å². The van der Waals surface area contributed by atoms with Crippen LogP contribution in [0.25, 0.3) is 0 Å². The van der Waals surface area contributed by atoms with Crippen molar-refractivity contribution in [2.75, 3.05) is 18.1 Å². The second-order valence-corrected chi connectivity index (χ2v) is 6.09. The Morgan fingerprint density at radius 1 is 1.52 bits per heavy atom. The van der Waals surface area contributed by atoms with E-state index in [1.54, 1.807) is 13.0 Å². The molecule has 0 spiro atoms. The van der Waals surface area contributed by atoms with E-state index in [4.69, 9.17) is 4.74 Å². The molecule has 21 heavy (non-hydrogen) atoms. The van der Waals surface area contributed by atoms with Crippen molar-refractivity contribution in [3.63, 3.8) is 0 Å². The molecule has 1 saturated heterocycles. The fraction of sp³-hybridized carbons (Fsp3) is 0.500. The third-order valence-electron chi connectivity index (χ3n) is 3.51. The third kappa shape index (κ3) is 3.63. The molecule has 0 bridgehead atoms. The predicted molar refractivity (Wildman–Crippen MR) is 87.4 cm³/mol. The summed E-state index contributed by atoms with van der Waals surface area (Å²) in [5.41, 5.74) is 0.538. The number of carbonyl (C=O) groups is 1. The minimum absolute atomic E-state index is 0.0399. The zero-order chi connectivity index (χ0) is 15.4. The molecule has 0 saturated carbocycles. The number of anilines is 1. The summed E-state index contributed by atoms with van der Waals surface area (Å²) in [4.78, 5) is 24.8. The highest BCUT2D eigenvalue weighted by Gasteiger charge is 2.33. The van der Waals surface area contributed by atoms with Crippen molar-refractivity contribution in [1.29, 1.82) is 0 Å². The average molecular weight is 404 g/mol. The van der Waals surface area contributed by atoms with E-state index in [1.165, 1.54) is 6.07 Å². The highest BCUT2D eigenvalue weighted by atomic mass is 127. The van der Waals surface area contributed by atoms with Crippen LogP contribution in [0.3, 0.4) is 0 Å². The fourth-order valence-corrected chi connectivity index (χ4v) is 3.06. The number of rotatable bonds is 4. The summed E-state index contributed by atoms with van der Waals surface area (Å²) in [6.07, 6.45) is 2.51. The number of hydrogen-bond acceptors (Lipinski definition) is 5. The summed E-state index contributed by atoms with van der Waals surface area (Å²) >= 11 is 2.04. The number of esters is 1. The zero-order valence-electron chi connectivity index (χ0n) is 11.8. The van der Waals surface area contributed by atoms with Gasteiger partial charge in [-0.2, -0.15) is 0 Å². The van der Waals surface area contributed by atoms with Crippen LogP contribution in [0.4, 0.5) is 11.4 Å². The normalized spacial score (nSPS) is 18.4. The number of carbonyl (C=O) groups excluding carboxylic acids is 1. The molecule has 1 unspecified atom stereocenters.